The van der Waals surface area contributed by atoms with E-state index in [0.717, 1.165) is 37.9 Å². The van der Waals surface area contributed by atoms with Crippen molar-refractivity contribution >= 4 is 0 Å². The summed E-state index contributed by atoms with van der Waals surface area (Å²) < 4.78 is 6.35. The molecule has 0 amide bonds. The van der Waals surface area contributed by atoms with Gasteiger partial charge in [-0.2, -0.15) is 0 Å². The Kier molecular flexibility index (Phi) is 3.96. The van der Waals surface area contributed by atoms with Crippen LogP contribution in [-0.4, -0.2) is 5.60 Å². The molecule has 0 saturated heterocycles. The number of rotatable bonds is 4. The molecule has 2 rings (SSSR count). The van der Waals surface area contributed by atoms with Crippen molar-refractivity contribution in [1.29, 1.82) is 0 Å². The molecule has 1 aliphatic rings. The van der Waals surface area contributed by atoms with Crippen molar-refractivity contribution in [3.8, 4) is 5.75 Å². The molecule has 1 aliphatic heterocycles. The monoisotopic (exact) mass is 247 g/mol. The van der Waals surface area contributed by atoms with Gasteiger partial charge in [-0.25, -0.2) is 0 Å². The SMILES string of the molecule is CCCC1(CCC)CC(N)c2cc(C)ccc2O1. The number of ether oxygens (including phenoxy) is 1. The molecule has 1 heterocycles. The number of fused-ring (bicyclic) bond motifs is 1. The third-order valence-electron chi connectivity index (χ3n) is 3.89. The largest absolute Gasteiger partial charge is 0.487 e. The quantitative estimate of drug-likeness (QED) is 0.868. The topological polar surface area (TPSA) is 35.2 Å². The van der Waals surface area contributed by atoms with Gasteiger partial charge in [0, 0.05) is 18.0 Å². The van der Waals surface area contributed by atoms with E-state index < -0.39 is 0 Å². The zero-order chi connectivity index (χ0) is 13.2. The van der Waals surface area contributed by atoms with E-state index in [0.29, 0.717) is 0 Å². The van der Waals surface area contributed by atoms with Crippen LogP contribution in [0.25, 0.3) is 0 Å². The summed E-state index contributed by atoms with van der Waals surface area (Å²) in [6.07, 6.45) is 5.44. The van der Waals surface area contributed by atoms with Crippen LogP contribution in [0.3, 0.4) is 0 Å². The van der Waals surface area contributed by atoms with Gasteiger partial charge in [-0.3, -0.25) is 0 Å². The molecule has 0 aliphatic carbocycles. The summed E-state index contributed by atoms with van der Waals surface area (Å²) in [6.45, 7) is 6.54. The number of nitrogens with two attached hydrogens (primary N) is 1. The van der Waals surface area contributed by atoms with Crippen molar-refractivity contribution in [1.82, 2.24) is 0 Å². The number of aryl methyl sites for hydroxylation is 1. The van der Waals surface area contributed by atoms with E-state index in [-0.39, 0.29) is 11.6 Å². The van der Waals surface area contributed by atoms with Gasteiger partial charge < -0.3 is 10.5 Å². The van der Waals surface area contributed by atoms with Gasteiger partial charge in [-0.1, -0.05) is 44.4 Å². The highest BCUT2D eigenvalue weighted by atomic mass is 16.5. The lowest BCUT2D eigenvalue weighted by molar-refractivity contribution is 0.0179. The van der Waals surface area contributed by atoms with Gasteiger partial charge in [0.2, 0.25) is 0 Å². The predicted molar refractivity (Wildman–Crippen MR) is 75.9 cm³/mol. The second-order valence-electron chi connectivity index (χ2n) is 5.64. The predicted octanol–water partition coefficient (Wildman–Crippen LogP) is 4.12. The minimum absolute atomic E-state index is 0.0365. The van der Waals surface area contributed by atoms with Crippen molar-refractivity contribution in [2.75, 3.05) is 0 Å². The van der Waals surface area contributed by atoms with Gasteiger partial charge in [0.05, 0.1) is 0 Å². The van der Waals surface area contributed by atoms with Crippen LogP contribution in [0.1, 0.15) is 63.1 Å². The second-order valence-corrected chi connectivity index (χ2v) is 5.64. The highest BCUT2D eigenvalue weighted by Gasteiger charge is 2.38. The Morgan fingerprint density at radius 1 is 1.28 bits per heavy atom. The fourth-order valence-electron chi connectivity index (χ4n) is 3.18. The van der Waals surface area contributed by atoms with Crippen LogP contribution in [-0.2, 0) is 0 Å². The van der Waals surface area contributed by atoms with Gasteiger partial charge >= 0.3 is 0 Å². The summed E-state index contributed by atoms with van der Waals surface area (Å²) in [6, 6.07) is 6.48. The molecular formula is C16H25NO. The van der Waals surface area contributed by atoms with Crippen molar-refractivity contribution in [2.45, 2.75) is 64.5 Å². The molecule has 0 aromatic heterocycles. The summed E-state index contributed by atoms with van der Waals surface area (Å²) in [7, 11) is 0. The zero-order valence-corrected chi connectivity index (χ0v) is 11.8. The molecule has 100 valence electrons. The molecular weight excluding hydrogens is 222 g/mol. The Morgan fingerprint density at radius 2 is 1.94 bits per heavy atom. The molecule has 1 aromatic rings. The Balaban J connectivity index is 2.32. The van der Waals surface area contributed by atoms with Crippen LogP contribution in [0.15, 0.2) is 18.2 Å². The van der Waals surface area contributed by atoms with Crippen LogP contribution < -0.4 is 10.5 Å². The Morgan fingerprint density at radius 3 is 2.56 bits per heavy atom. The van der Waals surface area contributed by atoms with Gasteiger partial charge in [0.1, 0.15) is 11.4 Å². The first kappa shape index (κ1) is 13.4. The molecule has 0 radical (unpaired) electrons. The average molecular weight is 247 g/mol. The zero-order valence-electron chi connectivity index (χ0n) is 11.8. The molecule has 2 nitrogen and oxygen atoms in total. The second kappa shape index (κ2) is 5.31. The van der Waals surface area contributed by atoms with Crippen molar-refractivity contribution in [3.05, 3.63) is 29.3 Å². The van der Waals surface area contributed by atoms with E-state index in [1.165, 1.54) is 11.1 Å². The van der Waals surface area contributed by atoms with E-state index in [1.807, 2.05) is 0 Å². The van der Waals surface area contributed by atoms with E-state index in [2.05, 4.69) is 39.0 Å². The lowest BCUT2D eigenvalue weighted by atomic mass is 9.81. The third-order valence-corrected chi connectivity index (χ3v) is 3.89. The van der Waals surface area contributed by atoms with E-state index in [1.54, 1.807) is 0 Å². The van der Waals surface area contributed by atoms with Gasteiger partial charge in [-0.05, 0) is 25.8 Å². The van der Waals surface area contributed by atoms with E-state index >= 15 is 0 Å². The minimum atomic E-state index is -0.0365. The third kappa shape index (κ3) is 2.54. The fourth-order valence-corrected chi connectivity index (χ4v) is 3.18. The maximum Gasteiger partial charge on any atom is 0.124 e. The number of hydrogen-bond donors (Lipinski definition) is 1. The summed E-state index contributed by atoms with van der Waals surface area (Å²) >= 11 is 0. The number of hydrogen-bond acceptors (Lipinski definition) is 2. The maximum atomic E-state index is 6.37. The molecule has 1 aromatic carbocycles. The molecule has 2 N–H and O–H groups in total. The summed E-state index contributed by atoms with van der Waals surface area (Å²) in [5, 5.41) is 0. The first-order valence-corrected chi connectivity index (χ1v) is 7.15. The Hall–Kier alpha value is -1.02. The van der Waals surface area contributed by atoms with Crippen molar-refractivity contribution in [2.24, 2.45) is 5.73 Å². The van der Waals surface area contributed by atoms with Crippen LogP contribution in [0.2, 0.25) is 0 Å². The molecule has 1 atom stereocenters. The Labute approximate surface area is 111 Å². The fraction of sp³-hybridized carbons (Fsp3) is 0.625. The van der Waals surface area contributed by atoms with Crippen molar-refractivity contribution in [3.63, 3.8) is 0 Å². The van der Waals surface area contributed by atoms with Crippen LogP contribution in [0.4, 0.5) is 0 Å². The van der Waals surface area contributed by atoms with Gasteiger partial charge in [0.25, 0.3) is 0 Å². The molecule has 18 heavy (non-hydrogen) atoms. The highest BCUT2D eigenvalue weighted by molar-refractivity contribution is 5.41. The van der Waals surface area contributed by atoms with Crippen LogP contribution >= 0.6 is 0 Å². The van der Waals surface area contributed by atoms with Crippen molar-refractivity contribution < 1.29 is 4.74 Å². The van der Waals surface area contributed by atoms with Crippen LogP contribution in [0, 0.1) is 6.92 Å². The number of benzene rings is 1. The van der Waals surface area contributed by atoms with Gasteiger partial charge in [-0.15, -0.1) is 0 Å². The van der Waals surface area contributed by atoms with Gasteiger partial charge in [0.15, 0.2) is 0 Å². The lowest BCUT2D eigenvalue weighted by Gasteiger charge is -2.41. The summed E-state index contributed by atoms with van der Waals surface area (Å²) in [4.78, 5) is 0. The molecule has 0 spiro atoms. The summed E-state index contributed by atoms with van der Waals surface area (Å²) in [5.74, 6) is 1.00. The summed E-state index contributed by atoms with van der Waals surface area (Å²) in [5.41, 5.74) is 8.77. The average Bonchev–Trinajstić information content (AvgIpc) is 2.31. The maximum absolute atomic E-state index is 6.37. The molecule has 0 bridgehead atoms. The lowest BCUT2D eigenvalue weighted by Crippen LogP contribution is -2.42. The first-order chi connectivity index (χ1) is 8.60. The molecule has 2 heteroatoms. The standard InChI is InChI=1S/C16H25NO/c1-4-8-16(9-5-2)11-14(17)13-10-12(3)6-7-15(13)18-16/h6-7,10,14H,4-5,8-9,11,17H2,1-3H3. The van der Waals surface area contributed by atoms with E-state index in [4.69, 9.17) is 10.5 Å². The van der Waals surface area contributed by atoms with Crippen LogP contribution in [0.5, 0.6) is 5.75 Å². The molecule has 1 unspecified atom stereocenters. The smallest absolute Gasteiger partial charge is 0.124 e. The molecule has 0 saturated carbocycles. The normalized spacial score (nSPS) is 21.2. The molecule has 0 fully saturated rings. The first-order valence-electron chi connectivity index (χ1n) is 7.15. The Bertz CT molecular complexity index is 408. The van der Waals surface area contributed by atoms with E-state index in [9.17, 15) is 0 Å². The highest BCUT2D eigenvalue weighted by Crippen LogP contribution is 2.43. The minimum Gasteiger partial charge on any atom is -0.487 e.